The van der Waals surface area contributed by atoms with E-state index in [1.54, 1.807) is 4.90 Å². The first-order chi connectivity index (χ1) is 16.3. The maximum absolute atomic E-state index is 13.6. The van der Waals surface area contributed by atoms with Crippen LogP contribution in [0.25, 0.3) is 0 Å². The topological polar surface area (TPSA) is 49.4 Å². The SMILES string of the molecule is Cc1cccc(CN(C(=O)CSc2ccc(Cl)cc2)[C@H](Cc2ccccc2)C(=O)NC(C)C)c1. The fourth-order valence-corrected chi connectivity index (χ4v) is 4.61. The van der Waals surface area contributed by atoms with Crippen molar-refractivity contribution in [3.05, 3.63) is 101 Å². The number of nitrogens with zero attached hydrogens (tertiary/aromatic N) is 1. The summed E-state index contributed by atoms with van der Waals surface area (Å²) in [5.41, 5.74) is 3.13. The lowest BCUT2D eigenvalue weighted by Crippen LogP contribution is -2.52. The number of thioether (sulfide) groups is 1. The summed E-state index contributed by atoms with van der Waals surface area (Å²) in [6, 6.07) is 24.7. The zero-order valence-electron chi connectivity index (χ0n) is 19.8. The molecule has 4 nitrogen and oxygen atoms in total. The Balaban J connectivity index is 1.90. The number of hydrogen-bond acceptors (Lipinski definition) is 3. The van der Waals surface area contributed by atoms with Gasteiger partial charge in [-0.3, -0.25) is 9.59 Å². The van der Waals surface area contributed by atoms with Crippen LogP contribution in [-0.4, -0.2) is 34.6 Å². The van der Waals surface area contributed by atoms with Crippen molar-refractivity contribution in [2.45, 2.75) is 50.7 Å². The van der Waals surface area contributed by atoms with Crippen LogP contribution in [0.15, 0.2) is 83.8 Å². The first-order valence-electron chi connectivity index (χ1n) is 11.4. The molecule has 0 aliphatic rings. The van der Waals surface area contributed by atoms with E-state index in [0.717, 1.165) is 21.6 Å². The van der Waals surface area contributed by atoms with E-state index in [9.17, 15) is 9.59 Å². The molecular formula is C28H31ClN2O2S. The number of hydrogen-bond donors (Lipinski definition) is 1. The zero-order chi connectivity index (χ0) is 24.5. The predicted octanol–water partition coefficient (Wildman–Crippen LogP) is 5.91. The number of carbonyl (C=O) groups excluding carboxylic acids is 2. The normalized spacial score (nSPS) is 11.8. The molecule has 178 valence electrons. The minimum Gasteiger partial charge on any atom is -0.352 e. The zero-order valence-corrected chi connectivity index (χ0v) is 21.4. The van der Waals surface area contributed by atoms with Crippen LogP contribution in [0.4, 0.5) is 0 Å². The second-order valence-corrected chi connectivity index (χ2v) is 10.1. The molecule has 0 spiro atoms. The molecule has 0 aliphatic heterocycles. The van der Waals surface area contributed by atoms with Gasteiger partial charge in [-0.25, -0.2) is 0 Å². The monoisotopic (exact) mass is 494 g/mol. The molecule has 0 aliphatic carbocycles. The highest BCUT2D eigenvalue weighted by Gasteiger charge is 2.30. The summed E-state index contributed by atoms with van der Waals surface area (Å²) in [6.45, 7) is 6.25. The van der Waals surface area contributed by atoms with Crippen LogP contribution >= 0.6 is 23.4 Å². The van der Waals surface area contributed by atoms with Gasteiger partial charge >= 0.3 is 0 Å². The van der Waals surface area contributed by atoms with Gasteiger partial charge in [-0.1, -0.05) is 71.8 Å². The number of amides is 2. The van der Waals surface area contributed by atoms with Crippen LogP contribution in [-0.2, 0) is 22.6 Å². The van der Waals surface area contributed by atoms with Gasteiger partial charge in [0.05, 0.1) is 5.75 Å². The van der Waals surface area contributed by atoms with E-state index in [1.165, 1.54) is 11.8 Å². The molecule has 0 aromatic heterocycles. The van der Waals surface area contributed by atoms with E-state index in [-0.39, 0.29) is 23.6 Å². The maximum atomic E-state index is 13.6. The third-order valence-electron chi connectivity index (χ3n) is 5.31. The fourth-order valence-electron chi connectivity index (χ4n) is 3.70. The fraction of sp³-hybridized carbons (Fsp3) is 0.286. The lowest BCUT2D eigenvalue weighted by Gasteiger charge is -2.32. The molecule has 0 saturated heterocycles. The summed E-state index contributed by atoms with van der Waals surface area (Å²) in [5, 5.41) is 3.68. The minimum absolute atomic E-state index is 0.0230. The van der Waals surface area contributed by atoms with Crippen molar-refractivity contribution in [1.82, 2.24) is 10.2 Å². The van der Waals surface area contributed by atoms with Crippen molar-refractivity contribution in [3.8, 4) is 0 Å². The lowest BCUT2D eigenvalue weighted by molar-refractivity contribution is -0.139. The first kappa shape index (κ1) is 25.9. The summed E-state index contributed by atoms with van der Waals surface area (Å²) in [5.74, 6) is 0.00545. The van der Waals surface area contributed by atoms with Crippen molar-refractivity contribution < 1.29 is 9.59 Å². The molecule has 34 heavy (non-hydrogen) atoms. The Morgan fingerprint density at radius 1 is 0.941 bits per heavy atom. The Kier molecular flexibility index (Phi) is 9.61. The molecule has 3 rings (SSSR count). The van der Waals surface area contributed by atoms with Crippen molar-refractivity contribution >= 4 is 35.2 Å². The van der Waals surface area contributed by atoms with E-state index in [1.807, 2.05) is 93.6 Å². The predicted molar refractivity (Wildman–Crippen MR) is 141 cm³/mol. The molecule has 0 radical (unpaired) electrons. The number of halogens is 1. The van der Waals surface area contributed by atoms with E-state index >= 15 is 0 Å². The van der Waals surface area contributed by atoms with E-state index in [4.69, 9.17) is 11.6 Å². The molecule has 0 fully saturated rings. The van der Waals surface area contributed by atoms with Crippen molar-refractivity contribution in [2.75, 3.05) is 5.75 Å². The molecule has 6 heteroatoms. The second-order valence-electron chi connectivity index (χ2n) is 8.62. The minimum atomic E-state index is -0.622. The number of aryl methyl sites for hydroxylation is 1. The average Bonchev–Trinajstić information content (AvgIpc) is 2.81. The van der Waals surface area contributed by atoms with Crippen molar-refractivity contribution in [2.24, 2.45) is 0 Å². The highest BCUT2D eigenvalue weighted by atomic mass is 35.5. The van der Waals surface area contributed by atoms with Gasteiger partial charge in [0.1, 0.15) is 6.04 Å². The van der Waals surface area contributed by atoms with Gasteiger partial charge < -0.3 is 10.2 Å². The van der Waals surface area contributed by atoms with Gasteiger partial charge in [0.25, 0.3) is 0 Å². The molecular weight excluding hydrogens is 464 g/mol. The molecule has 3 aromatic carbocycles. The molecule has 3 aromatic rings. The quantitative estimate of drug-likeness (QED) is 0.357. The van der Waals surface area contributed by atoms with Crippen LogP contribution in [0.5, 0.6) is 0 Å². The van der Waals surface area contributed by atoms with Crippen LogP contribution < -0.4 is 5.32 Å². The first-order valence-corrected chi connectivity index (χ1v) is 12.8. The maximum Gasteiger partial charge on any atom is 0.243 e. The molecule has 1 N–H and O–H groups in total. The van der Waals surface area contributed by atoms with Gasteiger partial charge in [0, 0.05) is 28.9 Å². The van der Waals surface area contributed by atoms with Gasteiger partial charge in [0.15, 0.2) is 0 Å². The smallest absolute Gasteiger partial charge is 0.243 e. The molecule has 2 amide bonds. The van der Waals surface area contributed by atoms with Crippen LogP contribution in [0, 0.1) is 6.92 Å². The lowest BCUT2D eigenvalue weighted by atomic mass is 10.0. The number of benzene rings is 3. The van der Waals surface area contributed by atoms with Crippen LogP contribution in [0.3, 0.4) is 0 Å². The Labute approximate surface area is 211 Å². The molecule has 0 unspecified atom stereocenters. The van der Waals surface area contributed by atoms with E-state index in [2.05, 4.69) is 11.4 Å². The van der Waals surface area contributed by atoms with E-state index < -0.39 is 6.04 Å². The number of carbonyl (C=O) groups is 2. The summed E-state index contributed by atoms with van der Waals surface area (Å²) in [4.78, 5) is 29.6. The molecule has 0 heterocycles. The van der Waals surface area contributed by atoms with Crippen molar-refractivity contribution in [1.29, 1.82) is 0 Å². The second kappa shape index (κ2) is 12.6. The summed E-state index contributed by atoms with van der Waals surface area (Å²) >= 11 is 7.44. The Morgan fingerprint density at radius 3 is 2.26 bits per heavy atom. The Bertz CT molecular complexity index is 1090. The number of rotatable bonds is 10. The van der Waals surface area contributed by atoms with Crippen molar-refractivity contribution in [3.63, 3.8) is 0 Å². The standard InChI is InChI=1S/C28H31ClN2O2S/c1-20(2)30-28(33)26(17-22-9-5-4-6-10-22)31(18-23-11-7-8-21(3)16-23)27(32)19-34-25-14-12-24(29)13-15-25/h4-16,20,26H,17-19H2,1-3H3,(H,30,33)/t26-/m1/s1. The highest BCUT2D eigenvalue weighted by Crippen LogP contribution is 2.23. The third kappa shape index (κ3) is 7.93. The summed E-state index contributed by atoms with van der Waals surface area (Å²) in [6.07, 6.45) is 0.447. The van der Waals surface area contributed by atoms with Crippen LogP contribution in [0.2, 0.25) is 5.02 Å². The average molecular weight is 495 g/mol. The third-order valence-corrected chi connectivity index (χ3v) is 6.56. The highest BCUT2D eigenvalue weighted by molar-refractivity contribution is 8.00. The molecule has 1 atom stereocenters. The van der Waals surface area contributed by atoms with Gasteiger partial charge in [-0.15, -0.1) is 11.8 Å². The van der Waals surface area contributed by atoms with Crippen LogP contribution in [0.1, 0.15) is 30.5 Å². The summed E-state index contributed by atoms with van der Waals surface area (Å²) in [7, 11) is 0. The summed E-state index contributed by atoms with van der Waals surface area (Å²) < 4.78 is 0. The largest absolute Gasteiger partial charge is 0.352 e. The van der Waals surface area contributed by atoms with Gasteiger partial charge in [-0.05, 0) is 56.2 Å². The Morgan fingerprint density at radius 2 is 1.62 bits per heavy atom. The molecule has 0 bridgehead atoms. The Hall–Kier alpha value is -2.76. The number of nitrogens with one attached hydrogen (secondary N) is 1. The molecule has 0 saturated carbocycles. The van der Waals surface area contributed by atoms with E-state index in [0.29, 0.717) is 18.0 Å². The van der Waals surface area contributed by atoms with Gasteiger partial charge in [0.2, 0.25) is 11.8 Å². The van der Waals surface area contributed by atoms with Gasteiger partial charge in [-0.2, -0.15) is 0 Å².